The first kappa shape index (κ1) is 15.4. The minimum Gasteiger partial charge on any atom is -0.314 e. The van der Waals surface area contributed by atoms with Gasteiger partial charge in [-0.3, -0.25) is 9.80 Å². The maximum Gasteiger partial charge on any atom is 0.0346 e. The van der Waals surface area contributed by atoms with Crippen molar-refractivity contribution in [3.8, 4) is 0 Å². The summed E-state index contributed by atoms with van der Waals surface area (Å²) < 4.78 is 0. The van der Waals surface area contributed by atoms with Crippen LogP contribution in [-0.2, 0) is 0 Å². The molecule has 22 heavy (non-hydrogen) atoms. The van der Waals surface area contributed by atoms with Gasteiger partial charge in [-0.1, -0.05) is 20.8 Å². The van der Waals surface area contributed by atoms with Crippen molar-refractivity contribution in [2.45, 2.75) is 58.5 Å². The van der Waals surface area contributed by atoms with E-state index >= 15 is 0 Å². The smallest absolute Gasteiger partial charge is 0.0346 e. The summed E-state index contributed by atoms with van der Waals surface area (Å²) in [5.41, 5.74) is 0.522. The predicted molar refractivity (Wildman–Crippen MR) is 92.0 cm³/mol. The molecule has 1 N–H and O–H groups in total. The molecule has 1 aliphatic carbocycles. The summed E-state index contributed by atoms with van der Waals surface area (Å²) in [6, 6.07) is 1.70. The third kappa shape index (κ3) is 2.85. The fourth-order valence-electron chi connectivity index (χ4n) is 5.49. The number of hydrogen-bond donors (Lipinski definition) is 1. The van der Waals surface area contributed by atoms with Crippen LogP contribution in [0.15, 0.2) is 0 Å². The summed E-state index contributed by atoms with van der Waals surface area (Å²) in [5.74, 6) is 2.98. The monoisotopic (exact) mass is 305 g/mol. The van der Waals surface area contributed by atoms with E-state index in [-0.39, 0.29) is 0 Å². The van der Waals surface area contributed by atoms with Crippen LogP contribution < -0.4 is 5.32 Å². The van der Waals surface area contributed by atoms with Crippen LogP contribution in [-0.4, -0.2) is 61.2 Å². The van der Waals surface area contributed by atoms with Gasteiger partial charge in [0, 0.05) is 44.8 Å². The predicted octanol–water partition coefficient (Wildman–Crippen LogP) is 2.43. The van der Waals surface area contributed by atoms with Crippen LogP contribution in [0.4, 0.5) is 0 Å². The van der Waals surface area contributed by atoms with Crippen LogP contribution in [0.1, 0.15) is 46.5 Å². The summed E-state index contributed by atoms with van der Waals surface area (Å²) in [7, 11) is 0. The zero-order chi connectivity index (χ0) is 15.3. The second-order valence-electron chi connectivity index (χ2n) is 9.61. The molecular formula is C19H35N3. The van der Waals surface area contributed by atoms with Gasteiger partial charge in [-0.15, -0.1) is 0 Å². The second kappa shape index (κ2) is 5.75. The van der Waals surface area contributed by atoms with E-state index in [4.69, 9.17) is 0 Å². The summed E-state index contributed by atoms with van der Waals surface area (Å²) in [6.45, 7) is 15.3. The van der Waals surface area contributed by atoms with Crippen LogP contribution in [0, 0.1) is 23.2 Å². The van der Waals surface area contributed by atoms with Gasteiger partial charge in [0.05, 0.1) is 0 Å². The molecule has 4 fully saturated rings. The van der Waals surface area contributed by atoms with E-state index in [9.17, 15) is 0 Å². The first-order valence-corrected chi connectivity index (χ1v) is 9.69. The van der Waals surface area contributed by atoms with Crippen molar-refractivity contribution in [2.75, 3.05) is 39.3 Å². The van der Waals surface area contributed by atoms with Gasteiger partial charge in [0.1, 0.15) is 0 Å². The topological polar surface area (TPSA) is 18.5 Å². The molecular weight excluding hydrogens is 270 g/mol. The van der Waals surface area contributed by atoms with Crippen molar-refractivity contribution in [2.24, 2.45) is 23.2 Å². The van der Waals surface area contributed by atoms with Crippen molar-refractivity contribution < 1.29 is 0 Å². The lowest BCUT2D eigenvalue weighted by molar-refractivity contribution is 0.0577. The number of rotatable bonds is 2. The van der Waals surface area contributed by atoms with Crippen molar-refractivity contribution in [1.29, 1.82) is 0 Å². The SMILES string of the molecule is CC(C)(C)C1CC2CN(C3CCCN(C4CNC4)C3)CC2C1. The van der Waals surface area contributed by atoms with Crippen molar-refractivity contribution in [3.63, 3.8) is 0 Å². The number of likely N-dealkylation sites (tertiary alicyclic amines) is 2. The summed E-state index contributed by atoms with van der Waals surface area (Å²) in [6.07, 6.45) is 5.84. The Morgan fingerprint density at radius 3 is 2.09 bits per heavy atom. The van der Waals surface area contributed by atoms with Gasteiger partial charge in [0.2, 0.25) is 0 Å². The molecule has 4 rings (SSSR count). The van der Waals surface area contributed by atoms with E-state index in [1.807, 2.05) is 0 Å². The Morgan fingerprint density at radius 2 is 1.55 bits per heavy atom. The lowest BCUT2D eigenvalue weighted by Gasteiger charge is -2.45. The zero-order valence-electron chi connectivity index (χ0n) is 14.9. The van der Waals surface area contributed by atoms with Crippen molar-refractivity contribution >= 4 is 0 Å². The number of hydrogen-bond acceptors (Lipinski definition) is 3. The minimum atomic E-state index is 0.522. The highest BCUT2D eigenvalue weighted by Gasteiger charge is 2.46. The fourth-order valence-corrected chi connectivity index (χ4v) is 5.49. The highest BCUT2D eigenvalue weighted by atomic mass is 15.3. The van der Waals surface area contributed by atoms with E-state index in [2.05, 4.69) is 35.9 Å². The lowest BCUT2D eigenvalue weighted by Crippen LogP contribution is -2.61. The van der Waals surface area contributed by atoms with Crippen LogP contribution in [0.3, 0.4) is 0 Å². The Morgan fingerprint density at radius 1 is 0.864 bits per heavy atom. The molecule has 3 aliphatic heterocycles. The van der Waals surface area contributed by atoms with Crippen LogP contribution in [0.25, 0.3) is 0 Å². The molecule has 3 heteroatoms. The number of nitrogens with one attached hydrogen (secondary N) is 1. The average molecular weight is 306 g/mol. The first-order chi connectivity index (χ1) is 10.5. The summed E-state index contributed by atoms with van der Waals surface area (Å²) in [4.78, 5) is 5.66. The molecule has 3 nitrogen and oxygen atoms in total. The molecule has 3 unspecified atom stereocenters. The van der Waals surface area contributed by atoms with E-state index in [1.165, 1.54) is 65.0 Å². The maximum atomic E-state index is 3.44. The fraction of sp³-hybridized carbons (Fsp3) is 1.00. The number of piperidine rings is 1. The Labute approximate surface area is 136 Å². The van der Waals surface area contributed by atoms with E-state index in [0.29, 0.717) is 5.41 Å². The third-order valence-electron chi connectivity index (χ3n) is 7.22. The number of fused-ring (bicyclic) bond motifs is 1. The molecule has 0 radical (unpaired) electrons. The molecule has 0 spiro atoms. The highest BCUT2D eigenvalue weighted by Crippen LogP contribution is 2.48. The maximum absolute atomic E-state index is 3.44. The number of nitrogens with zero attached hydrogens (tertiary/aromatic N) is 2. The minimum absolute atomic E-state index is 0.522. The largest absolute Gasteiger partial charge is 0.314 e. The Balaban J connectivity index is 1.32. The molecule has 0 aromatic rings. The van der Waals surface area contributed by atoms with Crippen molar-refractivity contribution in [1.82, 2.24) is 15.1 Å². The van der Waals surface area contributed by atoms with Gasteiger partial charge in [-0.2, -0.15) is 0 Å². The quantitative estimate of drug-likeness (QED) is 0.845. The second-order valence-corrected chi connectivity index (χ2v) is 9.61. The molecule has 4 aliphatic rings. The summed E-state index contributed by atoms with van der Waals surface area (Å²) in [5, 5.41) is 3.44. The average Bonchev–Trinajstić information content (AvgIpc) is 2.94. The van der Waals surface area contributed by atoms with E-state index in [1.54, 1.807) is 0 Å². The Bertz CT molecular complexity index is 384. The van der Waals surface area contributed by atoms with Gasteiger partial charge >= 0.3 is 0 Å². The summed E-state index contributed by atoms with van der Waals surface area (Å²) >= 11 is 0. The molecule has 126 valence electrons. The van der Waals surface area contributed by atoms with Crippen LogP contribution in [0.5, 0.6) is 0 Å². The third-order valence-corrected chi connectivity index (χ3v) is 7.22. The molecule has 0 amide bonds. The van der Waals surface area contributed by atoms with Gasteiger partial charge < -0.3 is 5.32 Å². The molecule has 3 saturated heterocycles. The molecule has 3 atom stereocenters. The van der Waals surface area contributed by atoms with Crippen LogP contribution in [0.2, 0.25) is 0 Å². The van der Waals surface area contributed by atoms with Gasteiger partial charge in [0.25, 0.3) is 0 Å². The molecule has 0 bridgehead atoms. The lowest BCUT2D eigenvalue weighted by atomic mass is 9.79. The molecule has 0 aromatic carbocycles. The molecule has 1 saturated carbocycles. The van der Waals surface area contributed by atoms with E-state index < -0.39 is 0 Å². The Kier molecular flexibility index (Phi) is 4.03. The Hall–Kier alpha value is -0.120. The van der Waals surface area contributed by atoms with Gasteiger partial charge in [-0.25, -0.2) is 0 Å². The molecule has 3 heterocycles. The first-order valence-electron chi connectivity index (χ1n) is 9.69. The highest BCUT2D eigenvalue weighted by molar-refractivity contribution is 4.99. The van der Waals surface area contributed by atoms with Gasteiger partial charge in [-0.05, 0) is 55.4 Å². The van der Waals surface area contributed by atoms with Crippen molar-refractivity contribution in [3.05, 3.63) is 0 Å². The van der Waals surface area contributed by atoms with E-state index in [0.717, 1.165) is 29.8 Å². The zero-order valence-corrected chi connectivity index (χ0v) is 14.9. The van der Waals surface area contributed by atoms with Gasteiger partial charge in [0.15, 0.2) is 0 Å². The normalized spacial score (nSPS) is 41.6. The standard InChI is InChI=1S/C19H35N3/c1-19(2,3)16-7-14-11-22(12-15(14)8-16)17-5-4-6-21(13-17)18-9-20-10-18/h14-18,20H,4-13H2,1-3H3. The molecule has 0 aromatic heterocycles. The van der Waals surface area contributed by atoms with Crippen LogP contribution >= 0.6 is 0 Å².